The first kappa shape index (κ1) is 27.8. The van der Waals surface area contributed by atoms with Gasteiger partial charge in [0.2, 0.25) is 5.91 Å². The molecule has 1 heterocycles. The minimum absolute atomic E-state index is 0.0592. The molecule has 0 saturated carbocycles. The summed E-state index contributed by atoms with van der Waals surface area (Å²) in [6, 6.07) is 6.65. The summed E-state index contributed by atoms with van der Waals surface area (Å²) in [7, 11) is 0. The van der Waals surface area contributed by atoms with Crippen LogP contribution < -0.4 is 5.73 Å². The summed E-state index contributed by atoms with van der Waals surface area (Å²) >= 11 is 0. The molecular weight excluding hydrogens is 424 g/mol. The molecule has 0 bridgehead atoms. The summed E-state index contributed by atoms with van der Waals surface area (Å²) in [6.07, 6.45) is 23.2. The first-order chi connectivity index (χ1) is 16.5. The fourth-order valence-electron chi connectivity index (χ4n) is 4.41. The van der Waals surface area contributed by atoms with Crippen molar-refractivity contribution >= 4 is 22.8 Å². The maximum Gasteiger partial charge on any atom is 0.320 e. The highest BCUT2D eigenvalue weighted by atomic mass is 16.4. The van der Waals surface area contributed by atoms with E-state index in [1.807, 2.05) is 24.3 Å². The molecule has 5 nitrogen and oxygen atoms in total. The van der Waals surface area contributed by atoms with Crippen LogP contribution in [-0.4, -0.2) is 27.6 Å². The Labute approximate surface area is 205 Å². The predicted octanol–water partition coefficient (Wildman–Crippen LogP) is 7.27. The van der Waals surface area contributed by atoms with Crippen LogP contribution in [0.5, 0.6) is 0 Å². The van der Waals surface area contributed by atoms with Crippen LogP contribution in [0, 0.1) is 0 Å². The van der Waals surface area contributed by atoms with E-state index in [0.29, 0.717) is 6.42 Å². The average Bonchev–Trinajstić information content (AvgIpc) is 3.20. The lowest BCUT2D eigenvalue weighted by molar-refractivity contribution is -0.138. The van der Waals surface area contributed by atoms with Gasteiger partial charge in [-0.1, -0.05) is 88.6 Å². The van der Waals surface area contributed by atoms with Gasteiger partial charge < -0.3 is 10.8 Å². The zero-order valence-corrected chi connectivity index (χ0v) is 21.0. The number of unbranched alkanes of at least 4 members (excludes halogenated alkanes) is 11. The van der Waals surface area contributed by atoms with Gasteiger partial charge in [0.25, 0.3) is 0 Å². The van der Waals surface area contributed by atoms with Crippen LogP contribution in [0.3, 0.4) is 0 Å². The topological polar surface area (TPSA) is 85.3 Å². The number of hydrogen-bond donors (Lipinski definition) is 2. The lowest BCUT2D eigenvalue weighted by Crippen LogP contribution is -2.32. The van der Waals surface area contributed by atoms with Gasteiger partial charge in [-0.3, -0.25) is 14.2 Å². The van der Waals surface area contributed by atoms with E-state index in [0.717, 1.165) is 42.1 Å². The minimum atomic E-state index is -1.03. The Morgan fingerprint density at radius 1 is 0.912 bits per heavy atom. The Kier molecular flexibility index (Phi) is 13.3. The number of aliphatic carboxylic acids is 1. The van der Waals surface area contributed by atoms with Crippen LogP contribution in [-0.2, 0) is 11.2 Å². The number of rotatable bonds is 18. The molecule has 0 spiro atoms. The zero-order chi connectivity index (χ0) is 24.6. The number of carbonyl (C=O) groups is 2. The van der Waals surface area contributed by atoms with E-state index in [4.69, 9.17) is 10.8 Å². The standard InChI is InChI=1S/C29H44N2O3/c1-2-3-4-5-6-7-8-9-10-11-12-13-14-15-16-21-28(32)31-23-24(22-26(30)29(33)34)25-19-17-18-20-27(25)31/h9-10,17-20,23,26H,2-8,11-16,21-22,30H2,1H3,(H,33,34)/b10-9-/t26-/m0/s1. The van der Waals surface area contributed by atoms with Crippen LogP contribution in [0.25, 0.3) is 10.9 Å². The van der Waals surface area contributed by atoms with Crippen LogP contribution in [0.1, 0.15) is 107 Å². The smallest absolute Gasteiger partial charge is 0.320 e. The number of carboxylic acids is 1. The van der Waals surface area contributed by atoms with E-state index in [1.54, 1.807) is 10.8 Å². The van der Waals surface area contributed by atoms with Gasteiger partial charge in [-0.2, -0.15) is 0 Å². The Balaban J connectivity index is 1.63. The molecule has 0 fully saturated rings. The average molecular weight is 469 g/mol. The van der Waals surface area contributed by atoms with Gasteiger partial charge in [0.1, 0.15) is 6.04 Å². The molecule has 188 valence electrons. The van der Waals surface area contributed by atoms with Gasteiger partial charge in [-0.05, 0) is 43.7 Å². The quantitative estimate of drug-likeness (QED) is 0.178. The van der Waals surface area contributed by atoms with Crippen molar-refractivity contribution in [3.8, 4) is 0 Å². The van der Waals surface area contributed by atoms with Gasteiger partial charge in [0.05, 0.1) is 5.52 Å². The van der Waals surface area contributed by atoms with E-state index < -0.39 is 12.0 Å². The zero-order valence-electron chi connectivity index (χ0n) is 21.0. The molecule has 2 aromatic rings. The first-order valence-electron chi connectivity index (χ1n) is 13.3. The van der Waals surface area contributed by atoms with E-state index in [1.165, 1.54) is 57.8 Å². The molecule has 0 radical (unpaired) electrons. The van der Waals surface area contributed by atoms with Gasteiger partial charge in [-0.25, -0.2) is 0 Å². The summed E-state index contributed by atoms with van der Waals surface area (Å²) in [4.78, 5) is 24.0. The van der Waals surface area contributed by atoms with E-state index in [9.17, 15) is 9.59 Å². The van der Waals surface area contributed by atoms with E-state index >= 15 is 0 Å². The Hall–Kier alpha value is -2.40. The number of allylic oxidation sites excluding steroid dienone is 2. The van der Waals surface area contributed by atoms with Crippen molar-refractivity contribution in [3.05, 3.63) is 48.2 Å². The molecule has 34 heavy (non-hydrogen) atoms. The van der Waals surface area contributed by atoms with Crippen molar-refractivity contribution < 1.29 is 14.7 Å². The number of benzene rings is 1. The second kappa shape index (κ2) is 16.3. The largest absolute Gasteiger partial charge is 0.480 e. The van der Waals surface area contributed by atoms with Crippen molar-refractivity contribution in [3.63, 3.8) is 0 Å². The Bertz CT molecular complexity index is 900. The van der Waals surface area contributed by atoms with Gasteiger partial charge in [0, 0.05) is 24.4 Å². The van der Waals surface area contributed by atoms with Crippen molar-refractivity contribution in [2.75, 3.05) is 0 Å². The number of nitrogens with two attached hydrogens (primary N) is 1. The van der Waals surface area contributed by atoms with E-state index in [2.05, 4.69) is 19.1 Å². The van der Waals surface area contributed by atoms with Crippen molar-refractivity contribution in [2.24, 2.45) is 5.73 Å². The van der Waals surface area contributed by atoms with Gasteiger partial charge >= 0.3 is 5.97 Å². The second-order valence-electron chi connectivity index (χ2n) is 9.42. The molecule has 5 heteroatoms. The highest BCUT2D eigenvalue weighted by molar-refractivity contribution is 5.94. The SMILES string of the molecule is CCCCCCCC/C=C\CCCCCCCC(=O)n1cc(C[C@H](N)C(=O)O)c2ccccc21. The number of fused-ring (bicyclic) bond motifs is 1. The van der Waals surface area contributed by atoms with Crippen molar-refractivity contribution in [1.82, 2.24) is 4.57 Å². The minimum Gasteiger partial charge on any atom is -0.480 e. The first-order valence-corrected chi connectivity index (χ1v) is 13.3. The normalized spacial score (nSPS) is 12.5. The molecule has 0 unspecified atom stereocenters. The lowest BCUT2D eigenvalue weighted by Gasteiger charge is -2.05. The van der Waals surface area contributed by atoms with Crippen LogP contribution in [0.2, 0.25) is 0 Å². The van der Waals surface area contributed by atoms with Crippen LogP contribution in [0.4, 0.5) is 0 Å². The predicted molar refractivity (Wildman–Crippen MR) is 141 cm³/mol. The third-order valence-corrected chi connectivity index (χ3v) is 6.47. The molecule has 0 aliphatic heterocycles. The summed E-state index contributed by atoms with van der Waals surface area (Å²) < 4.78 is 1.67. The molecule has 0 saturated heterocycles. The maximum absolute atomic E-state index is 12.8. The lowest BCUT2D eigenvalue weighted by atomic mass is 10.1. The number of hydrogen-bond acceptors (Lipinski definition) is 3. The van der Waals surface area contributed by atoms with Crippen molar-refractivity contribution in [1.29, 1.82) is 0 Å². The third kappa shape index (κ3) is 9.84. The number of carboxylic acid groups (broad SMARTS) is 1. The summed E-state index contributed by atoms with van der Waals surface area (Å²) in [5.41, 5.74) is 7.36. The van der Waals surface area contributed by atoms with Crippen molar-refractivity contribution in [2.45, 2.75) is 109 Å². The third-order valence-electron chi connectivity index (χ3n) is 6.47. The van der Waals surface area contributed by atoms with Gasteiger partial charge in [0.15, 0.2) is 0 Å². The Morgan fingerprint density at radius 2 is 1.50 bits per heavy atom. The molecule has 0 amide bonds. The number of carbonyl (C=O) groups excluding carboxylic acids is 1. The summed E-state index contributed by atoms with van der Waals surface area (Å²) in [5, 5.41) is 10.0. The van der Waals surface area contributed by atoms with Crippen LogP contribution >= 0.6 is 0 Å². The molecule has 1 aromatic carbocycles. The molecule has 0 aliphatic carbocycles. The van der Waals surface area contributed by atoms with E-state index in [-0.39, 0.29) is 12.3 Å². The summed E-state index contributed by atoms with van der Waals surface area (Å²) in [5.74, 6) is -0.972. The highest BCUT2D eigenvalue weighted by Crippen LogP contribution is 2.23. The molecule has 1 aromatic heterocycles. The molecular formula is C29H44N2O3. The summed E-state index contributed by atoms with van der Waals surface area (Å²) in [6.45, 7) is 2.26. The van der Waals surface area contributed by atoms with Gasteiger partial charge in [-0.15, -0.1) is 0 Å². The molecule has 3 N–H and O–H groups in total. The number of nitrogens with zero attached hydrogens (tertiary/aromatic N) is 1. The monoisotopic (exact) mass is 468 g/mol. The fourth-order valence-corrected chi connectivity index (χ4v) is 4.41. The maximum atomic E-state index is 12.8. The second-order valence-corrected chi connectivity index (χ2v) is 9.42. The molecule has 2 rings (SSSR count). The molecule has 1 atom stereocenters. The van der Waals surface area contributed by atoms with Crippen LogP contribution in [0.15, 0.2) is 42.6 Å². The number of aromatic nitrogens is 1. The number of para-hydroxylation sites is 1. The highest BCUT2D eigenvalue weighted by Gasteiger charge is 2.18. The molecule has 0 aliphatic rings. The Morgan fingerprint density at radius 3 is 2.15 bits per heavy atom. The fraction of sp³-hybridized carbons (Fsp3) is 0.586.